The van der Waals surface area contributed by atoms with Crippen molar-refractivity contribution in [3.05, 3.63) is 58.6 Å². The van der Waals surface area contributed by atoms with Crippen LogP contribution in [0.5, 0.6) is 0 Å². The van der Waals surface area contributed by atoms with Gasteiger partial charge in [0.1, 0.15) is 5.69 Å². The number of fused-ring (bicyclic) bond motifs is 2. The van der Waals surface area contributed by atoms with Crippen LogP contribution < -0.4 is 10.2 Å². The summed E-state index contributed by atoms with van der Waals surface area (Å²) >= 11 is 6.08. The number of benzene rings is 1. The predicted molar refractivity (Wildman–Crippen MR) is 123 cm³/mol. The van der Waals surface area contributed by atoms with Gasteiger partial charge < -0.3 is 10.2 Å². The van der Waals surface area contributed by atoms with E-state index in [9.17, 15) is 4.79 Å². The summed E-state index contributed by atoms with van der Waals surface area (Å²) in [5.41, 5.74) is 3.58. The zero-order valence-corrected chi connectivity index (χ0v) is 18.8. The standard InChI is InChI=1S/C24H28ClN5O/c1-3-21-22(30-14-19(25)11-27-24(30)28-21)23(31)26-10-16-4-6-20(7-5-16)29-12-17-8-15(2)9-18(17)13-29/h4-7,11,14-15,17-18H,3,8-10,12-13H2,1-2H3,(H,26,31). The van der Waals surface area contributed by atoms with Crippen molar-refractivity contribution in [1.82, 2.24) is 19.7 Å². The van der Waals surface area contributed by atoms with Gasteiger partial charge in [-0.15, -0.1) is 0 Å². The first-order chi connectivity index (χ1) is 15.0. The summed E-state index contributed by atoms with van der Waals surface area (Å²) in [7, 11) is 0. The van der Waals surface area contributed by atoms with E-state index in [2.05, 4.69) is 51.4 Å². The number of carbonyl (C=O) groups is 1. The molecule has 0 bridgehead atoms. The second kappa shape index (κ2) is 8.15. The molecular weight excluding hydrogens is 410 g/mol. The molecule has 162 valence electrons. The Morgan fingerprint density at radius 3 is 2.58 bits per heavy atom. The van der Waals surface area contributed by atoms with E-state index in [0.717, 1.165) is 29.0 Å². The Hall–Kier alpha value is -2.60. The van der Waals surface area contributed by atoms with Crippen LogP contribution in [0.4, 0.5) is 5.69 Å². The number of aromatic nitrogens is 3. The smallest absolute Gasteiger partial charge is 0.270 e. The van der Waals surface area contributed by atoms with E-state index in [1.807, 2.05) is 6.92 Å². The van der Waals surface area contributed by atoms with Gasteiger partial charge in [0.2, 0.25) is 5.78 Å². The van der Waals surface area contributed by atoms with Gasteiger partial charge in [0.15, 0.2) is 0 Å². The van der Waals surface area contributed by atoms with Crippen molar-refractivity contribution in [3.63, 3.8) is 0 Å². The molecule has 1 saturated carbocycles. The zero-order chi connectivity index (χ0) is 21.5. The first-order valence-electron chi connectivity index (χ1n) is 11.2. The van der Waals surface area contributed by atoms with Crippen molar-refractivity contribution >= 4 is 29.0 Å². The molecule has 2 fully saturated rings. The van der Waals surface area contributed by atoms with Crippen LogP contribution in [0.1, 0.15) is 48.4 Å². The first kappa shape index (κ1) is 20.3. The number of aryl methyl sites for hydroxylation is 1. The van der Waals surface area contributed by atoms with Crippen LogP contribution in [0.2, 0.25) is 5.02 Å². The van der Waals surface area contributed by atoms with Gasteiger partial charge >= 0.3 is 0 Å². The topological polar surface area (TPSA) is 62.5 Å². The third-order valence-electron chi connectivity index (χ3n) is 6.81. The maximum absolute atomic E-state index is 12.9. The SMILES string of the molecule is CCc1nc2ncc(Cl)cn2c1C(=O)NCc1ccc(N2CC3CC(C)CC3C2)cc1. The minimum atomic E-state index is -0.168. The van der Waals surface area contributed by atoms with Crippen LogP contribution in [-0.2, 0) is 13.0 Å². The van der Waals surface area contributed by atoms with Gasteiger partial charge in [-0.3, -0.25) is 9.20 Å². The van der Waals surface area contributed by atoms with Gasteiger partial charge in [-0.1, -0.05) is 37.6 Å². The van der Waals surface area contributed by atoms with E-state index in [1.54, 1.807) is 16.8 Å². The Labute approximate surface area is 187 Å². The fraction of sp³-hybridized carbons (Fsp3) is 0.458. The highest BCUT2D eigenvalue weighted by molar-refractivity contribution is 6.30. The molecule has 6 nitrogen and oxygen atoms in total. The molecule has 3 heterocycles. The molecule has 2 aliphatic rings. The fourth-order valence-corrected chi connectivity index (χ4v) is 5.49. The average Bonchev–Trinajstić information content (AvgIpc) is 3.42. The number of halogens is 1. The van der Waals surface area contributed by atoms with Gasteiger partial charge in [-0.25, -0.2) is 9.97 Å². The highest BCUT2D eigenvalue weighted by Gasteiger charge is 2.39. The Morgan fingerprint density at radius 2 is 1.90 bits per heavy atom. The van der Waals surface area contributed by atoms with Crippen LogP contribution in [0.15, 0.2) is 36.7 Å². The maximum atomic E-state index is 12.9. The van der Waals surface area contributed by atoms with Crippen LogP contribution in [-0.4, -0.2) is 33.4 Å². The number of anilines is 1. The molecule has 3 aromatic rings. The van der Waals surface area contributed by atoms with Crippen molar-refractivity contribution < 1.29 is 4.79 Å². The lowest BCUT2D eigenvalue weighted by atomic mass is 10.0. The number of hydrogen-bond donors (Lipinski definition) is 1. The third-order valence-corrected chi connectivity index (χ3v) is 7.01. The molecule has 2 atom stereocenters. The molecule has 1 aliphatic heterocycles. The molecule has 7 heteroatoms. The number of hydrogen-bond acceptors (Lipinski definition) is 4. The molecule has 0 spiro atoms. The van der Waals surface area contributed by atoms with Crippen LogP contribution >= 0.6 is 11.6 Å². The molecule has 31 heavy (non-hydrogen) atoms. The highest BCUT2D eigenvalue weighted by atomic mass is 35.5. The maximum Gasteiger partial charge on any atom is 0.270 e. The minimum absolute atomic E-state index is 0.168. The molecular formula is C24H28ClN5O. The Bertz CT molecular complexity index is 1100. The van der Waals surface area contributed by atoms with Crippen LogP contribution in [0, 0.1) is 17.8 Å². The van der Waals surface area contributed by atoms with E-state index in [1.165, 1.54) is 31.6 Å². The van der Waals surface area contributed by atoms with Crippen LogP contribution in [0.3, 0.4) is 0 Å². The largest absolute Gasteiger partial charge is 0.371 e. The zero-order valence-electron chi connectivity index (χ0n) is 18.0. The molecule has 1 aromatic carbocycles. The summed E-state index contributed by atoms with van der Waals surface area (Å²) in [6.07, 6.45) is 6.62. The van der Waals surface area contributed by atoms with Crippen molar-refractivity contribution in [1.29, 1.82) is 0 Å². The van der Waals surface area contributed by atoms with Crippen molar-refractivity contribution in [3.8, 4) is 0 Å². The molecule has 1 N–H and O–H groups in total. The summed E-state index contributed by atoms with van der Waals surface area (Å²) in [6.45, 7) is 7.18. The lowest BCUT2D eigenvalue weighted by molar-refractivity contribution is 0.0944. The predicted octanol–water partition coefficient (Wildman–Crippen LogP) is 4.36. The Balaban J connectivity index is 1.25. The second-order valence-electron chi connectivity index (χ2n) is 9.05. The van der Waals surface area contributed by atoms with Crippen molar-refractivity contribution in [2.24, 2.45) is 17.8 Å². The number of amides is 1. The molecule has 1 aliphatic carbocycles. The molecule has 2 unspecified atom stereocenters. The molecule has 5 rings (SSSR count). The quantitative estimate of drug-likeness (QED) is 0.644. The Morgan fingerprint density at radius 1 is 1.19 bits per heavy atom. The number of rotatable bonds is 5. The van der Waals surface area contributed by atoms with E-state index in [4.69, 9.17) is 11.6 Å². The van der Waals surface area contributed by atoms with E-state index in [0.29, 0.717) is 29.5 Å². The van der Waals surface area contributed by atoms with Crippen molar-refractivity contribution in [2.45, 2.75) is 39.7 Å². The van der Waals surface area contributed by atoms with Gasteiger partial charge in [0.25, 0.3) is 5.91 Å². The molecule has 1 amide bonds. The number of carbonyl (C=O) groups excluding carboxylic acids is 1. The number of imidazole rings is 1. The Kier molecular flexibility index (Phi) is 5.34. The lowest BCUT2D eigenvalue weighted by Gasteiger charge is -2.20. The second-order valence-corrected chi connectivity index (χ2v) is 9.49. The van der Waals surface area contributed by atoms with Gasteiger partial charge in [-0.05, 0) is 54.7 Å². The molecule has 1 saturated heterocycles. The molecule has 2 aromatic heterocycles. The number of nitrogens with zero attached hydrogens (tertiary/aromatic N) is 4. The summed E-state index contributed by atoms with van der Waals surface area (Å²) < 4.78 is 1.67. The minimum Gasteiger partial charge on any atom is -0.371 e. The van der Waals surface area contributed by atoms with E-state index >= 15 is 0 Å². The fourth-order valence-electron chi connectivity index (χ4n) is 5.35. The summed E-state index contributed by atoms with van der Waals surface area (Å²) in [4.78, 5) is 24.1. The van der Waals surface area contributed by atoms with E-state index < -0.39 is 0 Å². The summed E-state index contributed by atoms with van der Waals surface area (Å²) in [6, 6.07) is 8.59. The third kappa shape index (κ3) is 3.89. The normalized spacial score (nSPS) is 22.8. The monoisotopic (exact) mass is 437 g/mol. The molecule has 0 radical (unpaired) electrons. The lowest BCUT2D eigenvalue weighted by Crippen LogP contribution is -2.25. The van der Waals surface area contributed by atoms with Crippen LogP contribution in [0.25, 0.3) is 5.78 Å². The van der Waals surface area contributed by atoms with E-state index in [-0.39, 0.29) is 5.91 Å². The van der Waals surface area contributed by atoms with Gasteiger partial charge in [-0.2, -0.15) is 0 Å². The average molecular weight is 438 g/mol. The summed E-state index contributed by atoms with van der Waals surface area (Å²) in [5, 5.41) is 3.50. The summed E-state index contributed by atoms with van der Waals surface area (Å²) in [5.74, 6) is 2.92. The number of nitrogens with one attached hydrogen (secondary N) is 1. The highest BCUT2D eigenvalue weighted by Crippen LogP contribution is 2.42. The van der Waals surface area contributed by atoms with Crippen molar-refractivity contribution in [2.75, 3.05) is 18.0 Å². The first-order valence-corrected chi connectivity index (χ1v) is 11.5. The van der Waals surface area contributed by atoms with Gasteiger partial charge in [0.05, 0.1) is 16.9 Å². The van der Waals surface area contributed by atoms with Gasteiger partial charge in [0, 0.05) is 31.5 Å².